The number of amides is 1. The lowest BCUT2D eigenvalue weighted by molar-refractivity contribution is -0.137. The molecule has 4 aromatic rings. The van der Waals surface area contributed by atoms with E-state index in [1.165, 1.54) is 47.6 Å². The average molecular weight is 605 g/mol. The number of rotatable bonds is 11. The zero-order valence-electron chi connectivity index (χ0n) is 22.8. The third-order valence-electron chi connectivity index (χ3n) is 6.50. The number of carbonyl (C=O) groups is 1. The van der Waals surface area contributed by atoms with Crippen molar-refractivity contribution in [2.45, 2.75) is 38.0 Å². The molecule has 222 valence electrons. The van der Waals surface area contributed by atoms with Gasteiger partial charge in [0.1, 0.15) is 16.5 Å². The summed E-state index contributed by atoms with van der Waals surface area (Å²) in [5.74, 6) is -1.11. The Morgan fingerprint density at radius 3 is 2.24 bits per heavy atom. The molecule has 1 heterocycles. The molecule has 0 unspecified atom stereocenters. The molecule has 0 aliphatic carbocycles. The van der Waals surface area contributed by atoms with Crippen molar-refractivity contribution >= 4 is 21.7 Å². The van der Waals surface area contributed by atoms with E-state index in [2.05, 4.69) is 0 Å². The van der Waals surface area contributed by atoms with Gasteiger partial charge in [0.15, 0.2) is 5.76 Å². The fraction of sp³-hybridized carbons (Fsp3) is 0.233. The van der Waals surface area contributed by atoms with Crippen molar-refractivity contribution in [2.24, 2.45) is 0 Å². The van der Waals surface area contributed by atoms with Gasteiger partial charge in [-0.3, -0.25) is 4.79 Å². The Kier molecular flexibility index (Phi) is 9.25. The molecule has 4 rings (SSSR count). The molecule has 7 nitrogen and oxygen atoms in total. The summed E-state index contributed by atoms with van der Waals surface area (Å²) in [6, 6.07) is 16.6. The highest BCUT2D eigenvalue weighted by Crippen LogP contribution is 2.33. The molecular weight excluding hydrogens is 576 g/mol. The number of halogens is 4. The maximum atomic E-state index is 13.5. The molecular formula is C30H28F4N2O5S. The normalized spacial score (nSPS) is 11.8. The van der Waals surface area contributed by atoms with Gasteiger partial charge < -0.3 is 18.4 Å². The van der Waals surface area contributed by atoms with E-state index in [0.29, 0.717) is 30.4 Å². The minimum Gasteiger partial charge on any atom is -0.459 e. The van der Waals surface area contributed by atoms with E-state index in [1.807, 2.05) is 18.7 Å². The smallest absolute Gasteiger partial charge is 0.416 e. The monoisotopic (exact) mass is 604 g/mol. The van der Waals surface area contributed by atoms with Gasteiger partial charge in [-0.05, 0) is 67.9 Å². The van der Waals surface area contributed by atoms with Crippen LogP contribution in [0, 0.1) is 5.82 Å². The molecule has 0 radical (unpaired) electrons. The first-order chi connectivity index (χ1) is 19.9. The third kappa shape index (κ3) is 7.30. The Morgan fingerprint density at radius 2 is 1.62 bits per heavy atom. The van der Waals surface area contributed by atoms with Gasteiger partial charge in [-0.1, -0.05) is 24.3 Å². The standard InChI is InChI=1S/C30H28F4N2O5S/c1-3-35(4-2)25-15-12-22(28(18-25)41-42(38,39)26-8-5-7-23(17-26)30(32,33)34)20-36(29(37)27-9-6-16-40-27)19-21-10-13-24(31)14-11-21/h5-18H,3-4,19-20H2,1-2H3. The largest absolute Gasteiger partial charge is 0.459 e. The first kappa shape index (κ1) is 30.6. The zero-order chi connectivity index (χ0) is 30.5. The van der Waals surface area contributed by atoms with E-state index < -0.39 is 38.5 Å². The second-order valence-corrected chi connectivity index (χ2v) is 10.8. The number of alkyl halides is 3. The van der Waals surface area contributed by atoms with Crippen molar-refractivity contribution in [2.75, 3.05) is 18.0 Å². The summed E-state index contributed by atoms with van der Waals surface area (Å²) in [5, 5.41) is 0. The van der Waals surface area contributed by atoms with Crippen LogP contribution in [0.2, 0.25) is 0 Å². The van der Waals surface area contributed by atoms with Crippen LogP contribution in [0.4, 0.5) is 23.2 Å². The number of nitrogens with zero attached hydrogens (tertiary/aromatic N) is 2. The summed E-state index contributed by atoms with van der Waals surface area (Å²) < 4.78 is 90.7. The Morgan fingerprint density at radius 1 is 0.905 bits per heavy atom. The molecule has 3 aromatic carbocycles. The lowest BCUT2D eigenvalue weighted by Crippen LogP contribution is -2.30. The van der Waals surface area contributed by atoms with Gasteiger partial charge in [0.2, 0.25) is 0 Å². The molecule has 0 N–H and O–H groups in total. The van der Waals surface area contributed by atoms with Crippen molar-refractivity contribution in [1.82, 2.24) is 4.90 Å². The predicted molar refractivity (Wildman–Crippen MR) is 148 cm³/mol. The average Bonchev–Trinajstić information content (AvgIpc) is 3.50. The zero-order valence-corrected chi connectivity index (χ0v) is 23.6. The lowest BCUT2D eigenvalue weighted by atomic mass is 10.1. The fourth-order valence-corrected chi connectivity index (χ4v) is 5.31. The van der Waals surface area contributed by atoms with Crippen LogP contribution in [-0.4, -0.2) is 32.3 Å². The van der Waals surface area contributed by atoms with E-state index in [0.717, 1.165) is 18.2 Å². The van der Waals surface area contributed by atoms with Crippen molar-refractivity contribution in [1.29, 1.82) is 0 Å². The number of furan rings is 1. The van der Waals surface area contributed by atoms with Crippen LogP contribution in [0.15, 0.2) is 94.4 Å². The van der Waals surface area contributed by atoms with Gasteiger partial charge in [-0.25, -0.2) is 4.39 Å². The maximum absolute atomic E-state index is 13.5. The quantitative estimate of drug-likeness (QED) is 0.137. The van der Waals surface area contributed by atoms with E-state index in [1.54, 1.807) is 18.2 Å². The molecule has 0 saturated heterocycles. The van der Waals surface area contributed by atoms with Gasteiger partial charge in [0.25, 0.3) is 5.91 Å². The summed E-state index contributed by atoms with van der Waals surface area (Å²) in [7, 11) is -4.72. The van der Waals surface area contributed by atoms with Crippen LogP contribution in [0.25, 0.3) is 0 Å². The van der Waals surface area contributed by atoms with Crippen LogP contribution in [0.3, 0.4) is 0 Å². The van der Waals surface area contributed by atoms with Crippen molar-refractivity contribution < 1.29 is 39.4 Å². The first-order valence-corrected chi connectivity index (χ1v) is 14.4. The number of hydrogen-bond donors (Lipinski definition) is 0. The van der Waals surface area contributed by atoms with Crippen molar-refractivity contribution in [3.05, 3.63) is 113 Å². The number of benzene rings is 3. The molecule has 0 aliphatic heterocycles. The molecule has 0 spiro atoms. The molecule has 1 aromatic heterocycles. The molecule has 42 heavy (non-hydrogen) atoms. The molecule has 0 saturated carbocycles. The highest BCUT2D eigenvalue weighted by Gasteiger charge is 2.32. The Labute approximate surface area is 241 Å². The van der Waals surface area contributed by atoms with E-state index in [-0.39, 0.29) is 30.2 Å². The van der Waals surface area contributed by atoms with E-state index in [4.69, 9.17) is 8.60 Å². The molecule has 12 heteroatoms. The minimum absolute atomic E-state index is 0.0113. The molecule has 0 bridgehead atoms. The van der Waals surface area contributed by atoms with Gasteiger partial charge in [-0.15, -0.1) is 0 Å². The Bertz CT molecular complexity index is 1620. The lowest BCUT2D eigenvalue weighted by Gasteiger charge is -2.25. The van der Waals surface area contributed by atoms with Gasteiger partial charge in [0.05, 0.1) is 18.4 Å². The van der Waals surface area contributed by atoms with Crippen LogP contribution in [0.1, 0.15) is 41.1 Å². The topological polar surface area (TPSA) is 80.1 Å². The summed E-state index contributed by atoms with van der Waals surface area (Å²) in [6.45, 7) is 4.83. The summed E-state index contributed by atoms with van der Waals surface area (Å²) in [6.07, 6.45) is -3.43. The highest BCUT2D eigenvalue weighted by atomic mass is 32.2. The van der Waals surface area contributed by atoms with Gasteiger partial charge in [0, 0.05) is 37.0 Å². The van der Waals surface area contributed by atoms with Crippen molar-refractivity contribution in [3.8, 4) is 5.75 Å². The molecule has 0 fully saturated rings. The molecule has 0 atom stereocenters. The van der Waals surface area contributed by atoms with E-state index >= 15 is 0 Å². The van der Waals surface area contributed by atoms with E-state index in [9.17, 15) is 30.8 Å². The fourth-order valence-electron chi connectivity index (χ4n) is 4.30. The second kappa shape index (κ2) is 12.7. The SMILES string of the molecule is CCN(CC)c1ccc(CN(Cc2ccc(F)cc2)C(=O)c2ccco2)c(OS(=O)(=O)c2cccc(C(F)(F)F)c2)c1. The molecule has 0 aliphatic rings. The Balaban J connectivity index is 1.75. The second-order valence-electron chi connectivity index (χ2n) is 9.29. The summed E-state index contributed by atoms with van der Waals surface area (Å²) in [5.41, 5.74) is 0.331. The minimum atomic E-state index is -4.76. The highest BCUT2D eigenvalue weighted by molar-refractivity contribution is 7.87. The number of hydrogen-bond acceptors (Lipinski definition) is 6. The van der Waals surface area contributed by atoms with Gasteiger partial charge >= 0.3 is 16.3 Å². The summed E-state index contributed by atoms with van der Waals surface area (Å²) >= 11 is 0. The van der Waals surface area contributed by atoms with Crippen LogP contribution >= 0.6 is 0 Å². The number of anilines is 1. The van der Waals surface area contributed by atoms with Crippen LogP contribution < -0.4 is 9.08 Å². The predicted octanol–water partition coefficient (Wildman–Crippen LogP) is 6.89. The van der Waals surface area contributed by atoms with Crippen LogP contribution in [-0.2, 0) is 29.4 Å². The molecule has 1 amide bonds. The maximum Gasteiger partial charge on any atom is 0.416 e. The number of carbonyl (C=O) groups excluding carboxylic acids is 1. The van der Waals surface area contributed by atoms with Crippen molar-refractivity contribution in [3.63, 3.8) is 0 Å². The van der Waals surface area contributed by atoms with Crippen LogP contribution in [0.5, 0.6) is 5.75 Å². The summed E-state index contributed by atoms with van der Waals surface area (Å²) in [4.78, 5) is 16.0. The van der Waals surface area contributed by atoms with Gasteiger partial charge in [-0.2, -0.15) is 21.6 Å². The first-order valence-electron chi connectivity index (χ1n) is 13.0. The Hall–Kier alpha value is -4.32. The third-order valence-corrected chi connectivity index (χ3v) is 7.73.